The molecule has 1 aliphatic heterocycles. The fraction of sp³-hybridized carbons (Fsp3) is 0.643. The zero-order valence-electron chi connectivity index (χ0n) is 10.9. The van der Waals surface area contributed by atoms with Gasteiger partial charge in [-0.3, -0.25) is 0 Å². The van der Waals surface area contributed by atoms with Crippen LogP contribution in [0.3, 0.4) is 0 Å². The number of nitrogens with zero attached hydrogens (tertiary/aromatic N) is 1. The summed E-state index contributed by atoms with van der Waals surface area (Å²) in [5.41, 5.74) is 1.09. The molecule has 4 heteroatoms. The lowest BCUT2D eigenvalue weighted by Crippen LogP contribution is -2.28. The van der Waals surface area contributed by atoms with Crippen molar-refractivity contribution in [3.05, 3.63) is 23.0 Å². The molecule has 2 heterocycles. The maximum Gasteiger partial charge on any atom is 0.138 e. The van der Waals surface area contributed by atoms with Crippen LogP contribution in [0.1, 0.15) is 38.2 Å². The van der Waals surface area contributed by atoms with Crippen molar-refractivity contribution in [3.8, 4) is 5.75 Å². The third kappa shape index (κ3) is 3.85. The molecule has 1 saturated heterocycles. The van der Waals surface area contributed by atoms with E-state index in [1.807, 2.05) is 6.07 Å². The maximum atomic E-state index is 6.08. The van der Waals surface area contributed by atoms with Crippen LogP contribution in [-0.2, 0) is 6.42 Å². The van der Waals surface area contributed by atoms with Crippen LogP contribution in [0.5, 0.6) is 5.75 Å². The molecule has 0 unspecified atom stereocenters. The molecule has 0 aliphatic carbocycles. The number of pyridine rings is 1. The summed E-state index contributed by atoms with van der Waals surface area (Å²) in [5, 5.41) is 4.02. The number of ether oxygens (including phenoxy) is 1. The van der Waals surface area contributed by atoms with E-state index in [1.54, 1.807) is 6.20 Å². The molecule has 0 amide bonds. The van der Waals surface area contributed by atoms with Crippen molar-refractivity contribution in [2.24, 2.45) is 0 Å². The third-order valence-electron chi connectivity index (χ3n) is 3.30. The highest BCUT2D eigenvalue weighted by molar-refractivity contribution is 6.30. The monoisotopic (exact) mass is 268 g/mol. The Labute approximate surface area is 114 Å². The Morgan fingerprint density at radius 2 is 2.44 bits per heavy atom. The Morgan fingerprint density at radius 3 is 3.17 bits per heavy atom. The Hall–Kier alpha value is -0.800. The SMILES string of the molecule is CCCCc1cc(OC[C@@H]2CCCN2)cnc1Cl. The molecular weight excluding hydrogens is 248 g/mol. The minimum Gasteiger partial charge on any atom is -0.490 e. The van der Waals surface area contributed by atoms with Crippen LogP contribution < -0.4 is 10.1 Å². The first-order chi connectivity index (χ1) is 8.79. The minimum atomic E-state index is 0.486. The topological polar surface area (TPSA) is 34.1 Å². The Morgan fingerprint density at radius 1 is 1.56 bits per heavy atom. The highest BCUT2D eigenvalue weighted by Gasteiger charge is 2.14. The van der Waals surface area contributed by atoms with E-state index in [0.29, 0.717) is 11.2 Å². The number of aromatic nitrogens is 1. The van der Waals surface area contributed by atoms with E-state index in [-0.39, 0.29) is 0 Å². The van der Waals surface area contributed by atoms with Gasteiger partial charge in [-0.25, -0.2) is 4.98 Å². The first-order valence-corrected chi connectivity index (χ1v) is 7.18. The van der Waals surface area contributed by atoms with E-state index in [4.69, 9.17) is 16.3 Å². The van der Waals surface area contributed by atoms with Crippen LogP contribution in [0.4, 0.5) is 0 Å². The average molecular weight is 269 g/mol. The van der Waals surface area contributed by atoms with Crippen molar-refractivity contribution in [2.45, 2.75) is 45.1 Å². The predicted molar refractivity (Wildman–Crippen MR) is 74.4 cm³/mol. The molecule has 0 spiro atoms. The highest BCUT2D eigenvalue weighted by Crippen LogP contribution is 2.21. The van der Waals surface area contributed by atoms with E-state index in [1.165, 1.54) is 12.8 Å². The number of aryl methyl sites for hydroxylation is 1. The average Bonchev–Trinajstić information content (AvgIpc) is 2.89. The van der Waals surface area contributed by atoms with Gasteiger partial charge in [-0.2, -0.15) is 0 Å². The van der Waals surface area contributed by atoms with Crippen molar-refractivity contribution in [2.75, 3.05) is 13.2 Å². The normalized spacial score (nSPS) is 19.1. The summed E-state index contributed by atoms with van der Waals surface area (Å²) >= 11 is 6.08. The number of nitrogens with one attached hydrogen (secondary N) is 1. The van der Waals surface area contributed by atoms with Gasteiger partial charge >= 0.3 is 0 Å². The van der Waals surface area contributed by atoms with Crippen LogP contribution in [0.2, 0.25) is 5.15 Å². The molecule has 1 aliphatic rings. The minimum absolute atomic E-state index is 0.486. The van der Waals surface area contributed by atoms with Crippen molar-refractivity contribution in [1.29, 1.82) is 0 Å². The van der Waals surface area contributed by atoms with Gasteiger partial charge < -0.3 is 10.1 Å². The molecule has 1 fully saturated rings. The summed E-state index contributed by atoms with van der Waals surface area (Å²) in [6, 6.07) is 2.51. The van der Waals surface area contributed by atoms with Crippen LogP contribution in [0.25, 0.3) is 0 Å². The molecule has 18 heavy (non-hydrogen) atoms. The summed E-state index contributed by atoms with van der Waals surface area (Å²) in [5.74, 6) is 0.833. The smallest absolute Gasteiger partial charge is 0.138 e. The maximum absolute atomic E-state index is 6.08. The summed E-state index contributed by atoms with van der Waals surface area (Å²) < 4.78 is 5.78. The molecule has 1 aromatic heterocycles. The van der Waals surface area contributed by atoms with Crippen molar-refractivity contribution < 1.29 is 4.74 Å². The van der Waals surface area contributed by atoms with Crippen LogP contribution in [-0.4, -0.2) is 24.2 Å². The molecule has 0 aromatic carbocycles. The molecule has 1 aromatic rings. The fourth-order valence-corrected chi connectivity index (χ4v) is 2.39. The number of hydrogen-bond donors (Lipinski definition) is 1. The third-order valence-corrected chi connectivity index (χ3v) is 3.64. The van der Waals surface area contributed by atoms with Crippen molar-refractivity contribution in [1.82, 2.24) is 10.3 Å². The van der Waals surface area contributed by atoms with E-state index < -0.39 is 0 Å². The number of rotatable bonds is 6. The van der Waals surface area contributed by atoms with Gasteiger partial charge in [-0.1, -0.05) is 24.9 Å². The summed E-state index contributed by atoms with van der Waals surface area (Å²) in [6.45, 7) is 4.00. The standard InChI is InChI=1S/C14H21ClN2O/c1-2-3-5-11-8-13(9-17-14(11)15)18-10-12-6-4-7-16-12/h8-9,12,16H,2-7,10H2,1H3/t12-/m0/s1. The quantitative estimate of drug-likeness (QED) is 0.805. The van der Waals surface area contributed by atoms with Gasteiger partial charge in [0.15, 0.2) is 0 Å². The van der Waals surface area contributed by atoms with E-state index in [9.17, 15) is 0 Å². The zero-order valence-corrected chi connectivity index (χ0v) is 11.7. The summed E-state index contributed by atoms with van der Waals surface area (Å²) in [7, 11) is 0. The Balaban J connectivity index is 1.91. The van der Waals surface area contributed by atoms with Gasteiger partial charge in [0.1, 0.15) is 17.5 Å². The first-order valence-electron chi connectivity index (χ1n) is 6.80. The highest BCUT2D eigenvalue weighted by atomic mass is 35.5. The van der Waals surface area contributed by atoms with Crippen LogP contribution in [0.15, 0.2) is 12.3 Å². The van der Waals surface area contributed by atoms with Gasteiger partial charge in [0, 0.05) is 6.04 Å². The van der Waals surface area contributed by atoms with E-state index >= 15 is 0 Å². The second-order valence-electron chi connectivity index (χ2n) is 4.83. The zero-order chi connectivity index (χ0) is 12.8. The largest absolute Gasteiger partial charge is 0.490 e. The lowest BCUT2D eigenvalue weighted by atomic mass is 10.1. The molecule has 1 atom stereocenters. The molecular formula is C14H21ClN2O. The molecule has 100 valence electrons. The number of halogens is 1. The lowest BCUT2D eigenvalue weighted by molar-refractivity contribution is 0.276. The van der Waals surface area contributed by atoms with Crippen molar-refractivity contribution in [3.63, 3.8) is 0 Å². The van der Waals surface area contributed by atoms with Gasteiger partial charge in [0.25, 0.3) is 0 Å². The van der Waals surface area contributed by atoms with Gasteiger partial charge in [-0.15, -0.1) is 0 Å². The van der Waals surface area contributed by atoms with Gasteiger partial charge in [0.05, 0.1) is 6.20 Å². The molecule has 3 nitrogen and oxygen atoms in total. The Kier molecular flexibility index (Phi) is 5.26. The van der Waals surface area contributed by atoms with E-state index in [0.717, 1.165) is 43.7 Å². The molecule has 1 N–H and O–H groups in total. The second-order valence-corrected chi connectivity index (χ2v) is 5.19. The molecule has 0 saturated carbocycles. The summed E-state index contributed by atoms with van der Waals surface area (Å²) in [4.78, 5) is 4.20. The molecule has 0 radical (unpaired) electrons. The van der Waals surface area contributed by atoms with Crippen molar-refractivity contribution >= 4 is 11.6 Å². The first kappa shape index (κ1) is 13.6. The Bertz CT molecular complexity index is 378. The fourth-order valence-electron chi connectivity index (χ4n) is 2.19. The molecule has 2 rings (SSSR count). The van der Waals surface area contributed by atoms with Crippen LogP contribution >= 0.6 is 11.6 Å². The number of hydrogen-bond acceptors (Lipinski definition) is 3. The number of unbranched alkanes of at least 4 members (excludes halogenated alkanes) is 1. The van der Waals surface area contributed by atoms with E-state index in [2.05, 4.69) is 17.2 Å². The second kappa shape index (κ2) is 6.95. The van der Waals surface area contributed by atoms with Gasteiger partial charge in [-0.05, 0) is 43.9 Å². The van der Waals surface area contributed by atoms with Crippen LogP contribution in [0, 0.1) is 0 Å². The molecule has 0 bridgehead atoms. The van der Waals surface area contributed by atoms with Gasteiger partial charge in [0.2, 0.25) is 0 Å². The lowest BCUT2D eigenvalue weighted by Gasteiger charge is -2.13. The summed E-state index contributed by atoms with van der Waals surface area (Å²) in [6.07, 6.45) is 7.43. The predicted octanol–water partition coefficient (Wildman–Crippen LogP) is 3.21.